The highest BCUT2D eigenvalue weighted by atomic mass is 32.2. The number of halogens is 1. The molecular formula is C11H15FN6S. The number of nitrogens with two attached hydrogens (primary N) is 1. The highest BCUT2D eigenvalue weighted by molar-refractivity contribution is 7.99. The SMILES string of the molecule is Cn1nnc(CC(CSc2ccccc2F)NN)n1. The Morgan fingerprint density at radius 1 is 1.47 bits per heavy atom. The van der Waals surface area contributed by atoms with Gasteiger partial charge in [0.15, 0.2) is 5.82 Å². The molecule has 0 aliphatic heterocycles. The van der Waals surface area contributed by atoms with E-state index in [0.29, 0.717) is 22.9 Å². The zero-order valence-corrected chi connectivity index (χ0v) is 11.3. The number of nitrogens with one attached hydrogen (secondary N) is 1. The van der Waals surface area contributed by atoms with Gasteiger partial charge in [-0.1, -0.05) is 12.1 Å². The molecule has 6 nitrogen and oxygen atoms in total. The van der Waals surface area contributed by atoms with E-state index in [4.69, 9.17) is 5.84 Å². The predicted molar refractivity (Wildman–Crippen MR) is 70.7 cm³/mol. The van der Waals surface area contributed by atoms with Crippen LogP contribution in [0.25, 0.3) is 0 Å². The molecule has 1 aromatic heterocycles. The second-order valence-electron chi connectivity index (χ2n) is 4.00. The molecule has 0 aliphatic carbocycles. The number of tetrazole rings is 1. The van der Waals surface area contributed by atoms with E-state index in [0.717, 1.165) is 0 Å². The highest BCUT2D eigenvalue weighted by Gasteiger charge is 2.13. The molecule has 1 atom stereocenters. The van der Waals surface area contributed by atoms with Crippen molar-refractivity contribution in [1.29, 1.82) is 0 Å². The van der Waals surface area contributed by atoms with Crippen LogP contribution in [-0.2, 0) is 13.5 Å². The Balaban J connectivity index is 1.91. The third-order valence-corrected chi connectivity index (χ3v) is 3.70. The molecule has 2 rings (SSSR count). The van der Waals surface area contributed by atoms with E-state index in [-0.39, 0.29) is 11.9 Å². The van der Waals surface area contributed by atoms with Crippen LogP contribution in [0.3, 0.4) is 0 Å². The second-order valence-corrected chi connectivity index (χ2v) is 5.07. The number of aromatic nitrogens is 4. The van der Waals surface area contributed by atoms with Gasteiger partial charge in [0.2, 0.25) is 0 Å². The number of nitrogens with zero attached hydrogens (tertiary/aromatic N) is 4. The molecule has 3 N–H and O–H groups in total. The smallest absolute Gasteiger partial charge is 0.176 e. The van der Waals surface area contributed by atoms with Crippen LogP contribution in [0.1, 0.15) is 5.82 Å². The zero-order chi connectivity index (χ0) is 13.7. The molecule has 1 unspecified atom stereocenters. The molecule has 2 aromatic rings. The monoisotopic (exact) mass is 282 g/mol. The Morgan fingerprint density at radius 3 is 2.89 bits per heavy atom. The van der Waals surface area contributed by atoms with E-state index >= 15 is 0 Å². The van der Waals surface area contributed by atoms with Crippen molar-refractivity contribution in [3.63, 3.8) is 0 Å². The molecule has 0 amide bonds. The maximum Gasteiger partial charge on any atom is 0.176 e. The van der Waals surface area contributed by atoms with Gasteiger partial charge in [-0.05, 0) is 17.3 Å². The minimum absolute atomic E-state index is 0.0474. The number of hydrogen-bond acceptors (Lipinski definition) is 6. The van der Waals surface area contributed by atoms with E-state index < -0.39 is 0 Å². The number of hydrazine groups is 1. The number of benzene rings is 1. The van der Waals surface area contributed by atoms with E-state index in [1.807, 2.05) is 0 Å². The molecule has 0 fully saturated rings. The quantitative estimate of drug-likeness (QED) is 0.456. The van der Waals surface area contributed by atoms with Gasteiger partial charge in [-0.3, -0.25) is 11.3 Å². The largest absolute Gasteiger partial charge is 0.271 e. The van der Waals surface area contributed by atoms with Crippen molar-refractivity contribution in [3.8, 4) is 0 Å². The van der Waals surface area contributed by atoms with Gasteiger partial charge in [0.1, 0.15) is 5.82 Å². The normalized spacial score (nSPS) is 12.6. The lowest BCUT2D eigenvalue weighted by Gasteiger charge is -2.13. The number of rotatable bonds is 6. The van der Waals surface area contributed by atoms with Gasteiger partial charge >= 0.3 is 0 Å². The third kappa shape index (κ3) is 3.98. The van der Waals surface area contributed by atoms with E-state index in [2.05, 4.69) is 20.8 Å². The first-order valence-electron chi connectivity index (χ1n) is 5.75. The Labute approximate surface area is 114 Å². The summed E-state index contributed by atoms with van der Waals surface area (Å²) in [6.45, 7) is 0. The molecule has 0 aliphatic rings. The van der Waals surface area contributed by atoms with Gasteiger partial charge in [0, 0.05) is 23.1 Å². The number of aryl methyl sites for hydroxylation is 1. The first-order chi connectivity index (χ1) is 9.19. The predicted octanol–water partition coefficient (Wildman–Crippen LogP) is 0.516. The van der Waals surface area contributed by atoms with Crippen LogP contribution in [0.15, 0.2) is 29.2 Å². The van der Waals surface area contributed by atoms with Crippen molar-refractivity contribution in [1.82, 2.24) is 25.6 Å². The van der Waals surface area contributed by atoms with E-state index in [1.54, 1.807) is 25.2 Å². The minimum Gasteiger partial charge on any atom is -0.271 e. The maximum atomic E-state index is 13.5. The molecule has 1 aromatic carbocycles. The van der Waals surface area contributed by atoms with E-state index in [9.17, 15) is 4.39 Å². The summed E-state index contributed by atoms with van der Waals surface area (Å²) in [6, 6.07) is 6.61. The van der Waals surface area contributed by atoms with Crippen molar-refractivity contribution in [3.05, 3.63) is 35.9 Å². The average molecular weight is 282 g/mol. The van der Waals surface area contributed by atoms with E-state index in [1.165, 1.54) is 22.6 Å². The van der Waals surface area contributed by atoms with Gasteiger partial charge in [-0.15, -0.1) is 22.0 Å². The van der Waals surface area contributed by atoms with Gasteiger partial charge < -0.3 is 0 Å². The lowest BCUT2D eigenvalue weighted by molar-refractivity contribution is 0.557. The van der Waals surface area contributed by atoms with Gasteiger partial charge in [0.05, 0.1) is 7.05 Å². The Bertz CT molecular complexity index is 531. The summed E-state index contributed by atoms with van der Waals surface area (Å²) in [6.07, 6.45) is 0.547. The zero-order valence-electron chi connectivity index (χ0n) is 10.5. The Hall–Kier alpha value is -1.51. The summed E-state index contributed by atoms with van der Waals surface area (Å²) in [5.74, 6) is 6.50. The summed E-state index contributed by atoms with van der Waals surface area (Å²) >= 11 is 1.41. The molecular weight excluding hydrogens is 267 g/mol. The topological polar surface area (TPSA) is 81.7 Å². The van der Waals surface area contributed by atoms with Crippen molar-refractivity contribution in [2.24, 2.45) is 12.9 Å². The van der Waals surface area contributed by atoms with Gasteiger partial charge in [-0.2, -0.15) is 4.80 Å². The molecule has 0 radical (unpaired) electrons. The molecule has 0 saturated heterocycles. The minimum atomic E-state index is -0.221. The van der Waals surface area contributed by atoms with Gasteiger partial charge in [0.25, 0.3) is 0 Å². The molecule has 8 heteroatoms. The van der Waals surface area contributed by atoms with Gasteiger partial charge in [-0.25, -0.2) is 4.39 Å². The third-order valence-electron chi connectivity index (χ3n) is 2.49. The summed E-state index contributed by atoms with van der Waals surface area (Å²) in [4.78, 5) is 2.00. The molecule has 0 spiro atoms. The summed E-state index contributed by atoms with van der Waals surface area (Å²) in [7, 11) is 1.70. The maximum absolute atomic E-state index is 13.5. The molecule has 1 heterocycles. The van der Waals surface area contributed by atoms with Crippen LogP contribution in [-0.4, -0.2) is 32.0 Å². The standard InChI is InChI=1S/C11H15FN6S/c1-18-16-11(15-17-18)6-8(14-13)7-19-10-5-3-2-4-9(10)12/h2-5,8,14H,6-7,13H2,1H3. The summed E-state index contributed by atoms with van der Waals surface area (Å²) < 4.78 is 13.5. The van der Waals surface area contributed by atoms with Crippen LogP contribution in [0.2, 0.25) is 0 Å². The van der Waals surface area contributed by atoms with Crippen LogP contribution in [0, 0.1) is 5.82 Å². The fourth-order valence-electron chi connectivity index (χ4n) is 1.54. The molecule has 0 bridgehead atoms. The van der Waals surface area contributed by atoms with Crippen molar-refractivity contribution in [2.75, 3.05) is 5.75 Å². The van der Waals surface area contributed by atoms with Crippen LogP contribution in [0.4, 0.5) is 4.39 Å². The van der Waals surface area contributed by atoms with Crippen molar-refractivity contribution >= 4 is 11.8 Å². The number of hydrogen-bond donors (Lipinski definition) is 2. The Morgan fingerprint density at radius 2 is 2.26 bits per heavy atom. The lowest BCUT2D eigenvalue weighted by Crippen LogP contribution is -2.39. The van der Waals surface area contributed by atoms with Crippen LogP contribution in [0.5, 0.6) is 0 Å². The highest BCUT2D eigenvalue weighted by Crippen LogP contribution is 2.22. The first kappa shape index (κ1) is 13.9. The van der Waals surface area contributed by atoms with Crippen molar-refractivity contribution in [2.45, 2.75) is 17.4 Å². The number of thioether (sulfide) groups is 1. The summed E-state index contributed by atoms with van der Waals surface area (Å²) in [5, 5.41) is 11.7. The molecule has 0 saturated carbocycles. The van der Waals surface area contributed by atoms with Crippen molar-refractivity contribution < 1.29 is 4.39 Å². The van der Waals surface area contributed by atoms with Crippen LogP contribution < -0.4 is 11.3 Å². The molecule has 19 heavy (non-hydrogen) atoms. The fraction of sp³-hybridized carbons (Fsp3) is 0.364. The first-order valence-corrected chi connectivity index (χ1v) is 6.74. The summed E-state index contributed by atoms with van der Waals surface area (Å²) in [5.41, 5.74) is 2.69. The molecule has 102 valence electrons. The Kier molecular flexibility index (Phi) is 4.83. The lowest BCUT2D eigenvalue weighted by atomic mass is 10.2. The average Bonchev–Trinajstić information content (AvgIpc) is 2.81. The second kappa shape index (κ2) is 6.60. The van der Waals surface area contributed by atoms with Crippen LogP contribution >= 0.6 is 11.8 Å². The fourth-order valence-corrected chi connectivity index (χ4v) is 2.52.